The summed E-state index contributed by atoms with van der Waals surface area (Å²) in [7, 11) is 3.17. The Balaban J connectivity index is 2.52. The predicted molar refractivity (Wildman–Crippen MR) is 65.5 cm³/mol. The maximum absolute atomic E-state index is 12.9. The van der Waals surface area contributed by atoms with Crippen LogP contribution in [-0.4, -0.2) is 26.6 Å². The van der Waals surface area contributed by atoms with Crippen molar-refractivity contribution in [2.24, 2.45) is 0 Å². The molecule has 1 N–H and O–H groups in total. The highest BCUT2D eigenvalue weighted by Crippen LogP contribution is 2.16. The normalized spacial score (nSPS) is 13.1. The van der Waals surface area contributed by atoms with Crippen molar-refractivity contribution in [1.29, 1.82) is 0 Å². The molecule has 5 heteroatoms. The molecule has 0 saturated carbocycles. The summed E-state index contributed by atoms with van der Waals surface area (Å²) in [6.45, 7) is 2.52. The van der Waals surface area contributed by atoms with Gasteiger partial charge in [0.15, 0.2) is 6.29 Å². The second kappa shape index (κ2) is 6.91. The van der Waals surface area contributed by atoms with E-state index in [-0.39, 0.29) is 17.4 Å². The first-order valence-corrected chi connectivity index (χ1v) is 5.69. The number of methoxy groups -OCH3 is 2. The summed E-state index contributed by atoms with van der Waals surface area (Å²) >= 11 is 5.69. The lowest BCUT2D eigenvalue weighted by atomic mass is 10.2. The van der Waals surface area contributed by atoms with Gasteiger partial charge in [-0.3, -0.25) is 0 Å². The highest BCUT2D eigenvalue weighted by Gasteiger charge is 2.14. The van der Waals surface area contributed by atoms with Crippen LogP contribution < -0.4 is 5.32 Å². The zero-order chi connectivity index (χ0) is 12.8. The van der Waals surface area contributed by atoms with E-state index < -0.39 is 5.82 Å². The van der Waals surface area contributed by atoms with Crippen LogP contribution in [-0.2, 0) is 16.0 Å². The average Bonchev–Trinajstić information content (AvgIpc) is 2.32. The number of halogens is 2. The lowest BCUT2D eigenvalue weighted by molar-refractivity contribution is -0.119. The van der Waals surface area contributed by atoms with Gasteiger partial charge in [0.1, 0.15) is 5.82 Å². The summed E-state index contributed by atoms with van der Waals surface area (Å²) in [5.74, 6) is -0.407. The van der Waals surface area contributed by atoms with Crippen molar-refractivity contribution in [1.82, 2.24) is 5.32 Å². The summed E-state index contributed by atoms with van der Waals surface area (Å²) in [4.78, 5) is 0. The second-order valence-corrected chi connectivity index (χ2v) is 4.17. The molecule has 1 aromatic carbocycles. The van der Waals surface area contributed by atoms with Crippen molar-refractivity contribution in [3.63, 3.8) is 0 Å². The summed E-state index contributed by atoms with van der Waals surface area (Å²) in [6, 6.07) is 4.67. The minimum Gasteiger partial charge on any atom is -0.354 e. The lowest BCUT2D eigenvalue weighted by Gasteiger charge is -2.22. The Morgan fingerprint density at radius 3 is 2.53 bits per heavy atom. The number of rotatable bonds is 6. The van der Waals surface area contributed by atoms with Crippen LogP contribution in [0.5, 0.6) is 0 Å². The third-order valence-electron chi connectivity index (χ3n) is 2.49. The molecule has 0 aliphatic heterocycles. The molecule has 1 rings (SSSR count). The van der Waals surface area contributed by atoms with Gasteiger partial charge < -0.3 is 14.8 Å². The number of hydrogen-bond donors (Lipinski definition) is 1. The summed E-state index contributed by atoms with van der Waals surface area (Å²) in [5.41, 5.74) is 0.911. The molecule has 0 fully saturated rings. The van der Waals surface area contributed by atoms with Gasteiger partial charge in [-0.1, -0.05) is 17.7 Å². The van der Waals surface area contributed by atoms with Crippen LogP contribution >= 0.6 is 11.6 Å². The third kappa shape index (κ3) is 4.24. The van der Waals surface area contributed by atoms with Gasteiger partial charge in [0.25, 0.3) is 0 Å². The van der Waals surface area contributed by atoms with E-state index in [2.05, 4.69) is 5.32 Å². The first-order chi connectivity index (χ1) is 8.08. The molecule has 0 saturated heterocycles. The fourth-order valence-corrected chi connectivity index (χ4v) is 1.73. The first kappa shape index (κ1) is 14.4. The predicted octanol–water partition coefficient (Wildman–Crippen LogP) is 2.58. The Morgan fingerprint density at radius 2 is 2.00 bits per heavy atom. The van der Waals surface area contributed by atoms with Crippen molar-refractivity contribution >= 4 is 11.6 Å². The molecule has 1 unspecified atom stereocenters. The maximum Gasteiger partial charge on any atom is 0.171 e. The quantitative estimate of drug-likeness (QED) is 0.799. The molecule has 0 bridgehead atoms. The number of ether oxygens (including phenoxy) is 2. The topological polar surface area (TPSA) is 30.5 Å². The van der Waals surface area contributed by atoms with E-state index >= 15 is 0 Å². The molecule has 1 aromatic rings. The molecular weight excluding hydrogens is 245 g/mol. The summed E-state index contributed by atoms with van der Waals surface area (Å²) in [5, 5.41) is 3.35. The minimum atomic E-state index is -0.407. The van der Waals surface area contributed by atoms with Gasteiger partial charge >= 0.3 is 0 Å². The van der Waals surface area contributed by atoms with Crippen LogP contribution in [0.25, 0.3) is 0 Å². The van der Waals surface area contributed by atoms with Crippen molar-refractivity contribution in [2.45, 2.75) is 25.8 Å². The molecule has 3 nitrogen and oxygen atoms in total. The smallest absolute Gasteiger partial charge is 0.171 e. The maximum atomic E-state index is 12.9. The van der Waals surface area contributed by atoms with Gasteiger partial charge in [0.05, 0.1) is 11.1 Å². The molecule has 96 valence electrons. The minimum absolute atomic E-state index is 0.0221. The van der Waals surface area contributed by atoms with E-state index in [9.17, 15) is 4.39 Å². The van der Waals surface area contributed by atoms with Crippen molar-refractivity contribution in [3.05, 3.63) is 34.6 Å². The SMILES string of the molecule is COC(OC)C(C)NCc1ccc(F)c(Cl)c1. The molecule has 0 radical (unpaired) electrons. The van der Waals surface area contributed by atoms with Crippen molar-refractivity contribution in [3.8, 4) is 0 Å². The first-order valence-electron chi connectivity index (χ1n) is 5.31. The van der Waals surface area contributed by atoms with Crippen LogP contribution in [0.1, 0.15) is 12.5 Å². The molecule has 0 amide bonds. The van der Waals surface area contributed by atoms with E-state index in [1.54, 1.807) is 26.4 Å². The van der Waals surface area contributed by atoms with E-state index in [0.29, 0.717) is 6.54 Å². The molecule has 0 aliphatic rings. The van der Waals surface area contributed by atoms with Gasteiger partial charge in [0, 0.05) is 20.8 Å². The Morgan fingerprint density at radius 1 is 1.35 bits per heavy atom. The zero-order valence-corrected chi connectivity index (χ0v) is 10.9. The molecule has 0 aliphatic carbocycles. The van der Waals surface area contributed by atoms with Crippen molar-refractivity contribution < 1.29 is 13.9 Å². The largest absolute Gasteiger partial charge is 0.354 e. The molecule has 0 spiro atoms. The van der Waals surface area contributed by atoms with Gasteiger partial charge in [-0.05, 0) is 24.6 Å². The summed E-state index contributed by atoms with van der Waals surface area (Å²) < 4.78 is 23.2. The Hall–Kier alpha value is -0.680. The lowest BCUT2D eigenvalue weighted by Crippen LogP contribution is -2.39. The van der Waals surface area contributed by atoms with E-state index in [1.165, 1.54) is 6.07 Å². The molecule has 1 atom stereocenters. The van der Waals surface area contributed by atoms with Crippen LogP contribution in [0.4, 0.5) is 4.39 Å². The van der Waals surface area contributed by atoms with E-state index in [0.717, 1.165) is 5.56 Å². The van der Waals surface area contributed by atoms with Gasteiger partial charge in [-0.2, -0.15) is 0 Å². The Kier molecular flexibility index (Phi) is 5.85. The molecular formula is C12H17ClFNO2. The highest BCUT2D eigenvalue weighted by molar-refractivity contribution is 6.30. The van der Waals surface area contributed by atoms with Gasteiger partial charge in [-0.15, -0.1) is 0 Å². The standard InChI is InChI=1S/C12H17ClFNO2/c1-8(12(16-2)17-3)15-7-9-4-5-11(14)10(13)6-9/h4-6,8,12,15H,7H2,1-3H3. The van der Waals surface area contributed by atoms with Crippen molar-refractivity contribution in [2.75, 3.05) is 14.2 Å². The number of hydrogen-bond acceptors (Lipinski definition) is 3. The fourth-order valence-electron chi connectivity index (χ4n) is 1.53. The number of nitrogens with one attached hydrogen (secondary N) is 1. The Bertz CT molecular complexity index is 358. The van der Waals surface area contributed by atoms with Gasteiger partial charge in [-0.25, -0.2) is 4.39 Å². The Labute approximate surface area is 106 Å². The van der Waals surface area contributed by atoms with E-state index in [4.69, 9.17) is 21.1 Å². The molecule has 0 heterocycles. The van der Waals surface area contributed by atoms with Gasteiger partial charge in [0.2, 0.25) is 0 Å². The monoisotopic (exact) mass is 261 g/mol. The third-order valence-corrected chi connectivity index (χ3v) is 2.77. The van der Waals surface area contributed by atoms with Crippen LogP contribution in [0.3, 0.4) is 0 Å². The number of benzene rings is 1. The average molecular weight is 262 g/mol. The van der Waals surface area contributed by atoms with Crippen LogP contribution in [0.15, 0.2) is 18.2 Å². The van der Waals surface area contributed by atoms with Crippen LogP contribution in [0.2, 0.25) is 5.02 Å². The zero-order valence-electron chi connectivity index (χ0n) is 10.2. The van der Waals surface area contributed by atoms with E-state index in [1.807, 2.05) is 6.92 Å². The second-order valence-electron chi connectivity index (χ2n) is 3.76. The summed E-state index contributed by atoms with van der Waals surface area (Å²) in [6.07, 6.45) is -0.314. The molecule has 17 heavy (non-hydrogen) atoms. The highest BCUT2D eigenvalue weighted by atomic mass is 35.5. The molecule has 0 aromatic heterocycles. The fraction of sp³-hybridized carbons (Fsp3) is 0.500. The van der Waals surface area contributed by atoms with Crippen LogP contribution in [0, 0.1) is 5.82 Å².